The van der Waals surface area contributed by atoms with E-state index >= 15 is 0 Å². The van der Waals surface area contributed by atoms with Crippen LogP contribution in [0.15, 0.2) is 72.9 Å². The van der Waals surface area contributed by atoms with Crippen molar-refractivity contribution in [3.63, 3.8) is 0 Å². The second kappa shape index (κ2) is 35.8. The van der Waals surface area contributed by atoms with Crippen LogP contribution in [-0.4, -0.2) is 36.4 Å². The first-order chi connectivity index (χ1) is 22.1. The Morgan fingerprint density at radius 2 is 0.956 bits per heavy atom. The molecular formula is C40H66O5. The van der Waals surface area contributed by atoms with Crippen molar-refractivity contribution in [3.8, 4) is 0 Å². The van der Waals surface area contributed by atoms with E-state index in [2.05, 4.69) is 86.8 Å². The van der Waals surface area contributed by atoms with Crippen LogP contribution in [0.4, 0.5) is 0 Å². The predicted octanol–water partition coefficient (Wildman–Crippen LogP) is 11.0. The van der Waals surface area contributed by atoms with Gasteiger partial charge in [0.15, 0.2) is 6.10 Å². The van der Waals surface area contributed by atoms with Gasteiger partial charge in [0.2, 0.25) is 0 Å². The van der Waals surface area contributed by atoms with E-state index in [1.54, 1.807) is 0 Å². The molecule has 0 rings (SSSR count). The first-order valence-electron chi connectivity index (χ1n) is 18.0. The fourth-order valence-corrected chi connectivity index (χ4v) is 4.51. The van der Waals surface area contributed by atoms with Gasteiger partial charge in [0, 0.05) is 12.8 Å². The lowest BCUT2D eigenvalue weighted by Crippen LogP contribution is -2.28. The van der Waals surface area contributed by atoms with Crippen molar-refractivity contribution in [2.75, 3.05) is 13.2 Å². The average molecular weight is 627 g/mol. The minimum Gasteiger partial charge on any atom is -0.462 e. The maximum atomic E-state index is 12.1. The summed E-state index contributed by atoms with van der Waals surface area (Å²) in [5.74, 6) is -0.648. The van der Waals surface area contributed by atoms with Gasteiger partial charge in [0.1, 0.15) is 6.61 Å². The summed E-state index contributed by atoms with van der Waals surface area (Å²) >= 11 is 0. The van der Waals surface area contributed by atoms with Gasteiger partial charge in [-0.3, -0.25) is 9.59 Å². The highest BCUT2D eigenvalue weighted by molar-refractivity contribution is 5.70. The summed E-state index contributed by atoms with van der Waals surface area (Å²) in [5.41, 5.74) is 0. The lowest BCUT2D eigenvalue weighted by molar-refractivity contribution is -0.161. The van der Waals surface area contributed by atoms with Crippen molar-refractivity contribution < 1.29 is 24.2 Å². The third-order valence-electron chi connectivity index (χ3n) is 7.23. The van der Waals surface area contributed by atoms with Crippen molar-refractivity contribution in [3.05, 3.63) is 72.9 Å². The maximum Gasteiger partial charge on any atom is 0.306 e. The molecule has 0 aliphatic rings. The van der Waals surface area contributed by atoms with Crippen LogP contribution in [0.2, 0.25) is 0 Å². The van der Waals surface area contributed by atoms with Crippen LogP contribution in [0, 0.1) is 0 Å². The zero-order valence-electron chi connectivity index (χ0n) is 28.8. The van der Waals surface area contributed by atoms with Crippen LogP contribution in [0.5, 0.6) is 0 Å². The topological polar surface area (TPSA) is 72.8 Å². The second-order valence-corrected chi connectivity index (χ2v) is 11.6. The summed E-state index contributed by atoms with van der Waals surface area (Å²) in [6, 6.07) is 0. The van der Waals surface area contributed by atoms with Gasteiger partial charge in [-0.15, -0.1) is 0 Å². The van der Waals surface area contributed by atoms with Crippen LogP contribution >= 0.6 is 0 Å². The van der Waals surface area contributed by atoms with Gasteiger partial charge >= 0.3 is 11.9 Å². The second-order valence-electron chi connectivity index (χ2n) is 11.6. The van der Waals surface area contributed by atoms with Gasteiger partial charge in [0.25, 0.3) is 0 Å². The molecule has 0 spiro atoms. The summed E-state index contributed by atoms with van der Waals surface area (Å²) in [7, 11) is 0. The van der Waals surface area contributed by atoms with Crippen LogP contribution in [-0.2, 0) is 19.1 Å². The van der Waals surface area contributed by atoms with Gasteiger partial charge in [-0.05, 0) is 83.5 Å². The van der Waals surface area contributed by atoms with Gasteiger partial charge in [0.05, 0.1) is 6.61 Å². The lowest BCUT2D eigenvalue weighted by atomic mass is 10.1. The fourth-order valence-electron chi connectivity index (χ4n) is 4.51. The fraction of sp³-hybridized carbons (Fsp3) is 0.650. The van der Waals surface area contributed by atoms with Crippen LogP contribution in [0.1, 0.15) is 149 Å². The van der Waals surface area contributed by atoms with E-state index in [4.69, 9.17) is 9.47 Å². The number of esters is 2. The molecule has 1 N–H and O–H groups in total. The number of aliphatic hydroxyl groups is 1. The van der Waals surface area contributed by atoms with Crippen molar-refractivity contribution in [1.29, 1.82) is 0 Å². The van der Waals surface area contributed by atoms with E-state index in [0.29, 0.717) is 12.8 Å². The zero-order chi connectivity index (χ0) is 32.9. The Bertz CT molecular complexity index is 849. The molecule has 1 atom stereocenters. The number of allylic oxidation sites excluding steroid dienone is 12. The Balaban J connectivity index is 3.70. The highest BCUT2D eigenvalue weighted by Crippen LogP contribution is 2.10. The average Bonchev–Trinajstić information content (AvgIpc) is 3.04. The molecule has 0 aliphatic heterocycles. The summed E-state index contributed by atoms with van der Waals surface area (Å²) in [4.78, 5) is 24.1. The standard InChI is InChI=1S/C40H66O5/c1-3-5-7-9-11-13-15-17-18-19-20-21-22-23-25-27-29-31-33-35-40(43)45-38(36-41)37-44-39(42)34-32-30-28-26-24-16-14-12-10-8-6-4-2/h5,7,11-14,17-18,20-21,23,25,38,41H,3-4,6,8-10,15-16,19,22,24,26-37H2,1-2H3/b7-5-,13-11-,14-12-,18-17-,21-20-,25-23-. The third-order valence-corrected chi connectivity index (χ3v) is 7.23. The number of carbonyl (C=O) groups is 2. The normalized spacial score (nSPS) is 13.0. The minimum atomic E-state index is -0.794. The third kappa shape index (κ3) is 34.1. The molecule has 0 aromatic rings. The van der Waals surface area contributed by atoms with Crippen molar-refractivity contribution in [2.45, 2.75) is 155 Å². The molecule has 0 aromatic heterocycles. The van der Waals surface area contributed by atoms with E-state index < -0.39 is 6.10 Å². The zero-order valence-corrected chi connectivity index (χ0v) is 28.8. The van der Waals surface area contributed by atoms with Gasteiger partial charge in [-0.2, -0.15) is 0 Å². The SMILES string of the molecule is CC/C=C\C/C=C\C/C=C\C/C=C\C/C=C\CCCCCC(=O)OC(CO)COC(=O)CCCCCCC/C=C\CCCCC. The Morgan fingerprint density at radius 1 is 0.533 bits per heavy atom. The predicted molar refractivity (Wildman–Crippen MR) is 191 cm³/mol. The smallest absolute Gasteiger partial charge is 0.306 e. The summed E-state index contributed by atoms with van der Waals surface area (Å²) in [6.07, 6.45) is 46.7. The minimum absolute atomic E-state index is 0.0876. The Morgan fingerprint density at radius 3 is 1.49 bits per heavy atom. The van der Waals surface area contributed by atoms with E-state index in [1.807, 2.05) is 0 Å². The monoisotopic (exact) mass is 626 g/mol. The van der Waals surface area contributed by atoms with Crippen molar-refractivity contribution in [2.24, 2.45) is 0 Å². The molecule has 0 fully saturated rings. The number of carbonyl (C=O) groups excluding carboxylic acids is 2. The molecule has 5 heteroatoms. The molecule has 0 bridgehead atoms. The van der Waals surface area contributed by atoms with E-state index in [1.165, 1.54) is 38.5 Å². The molecule has 0 aromatic carbocycles. The highest BCUT2D eigenvalue weighted by atomic mass is 16.6. The molecule has 0 saturated heterocycles. The number of ether oxygens (including phenoxy) is 2. The highest BCUT2D eigenvalue weighted by Gasteiger charge is 2.16. The quantitative estimate of drug-likeness (QED) is 0.0471. The van der Waals surface area contributed by atoms with Crippen LogP contribution in [0.3, 0.4) is 0 Å². The van der Waals surface area contributed by atoms with Crippen molar-refractivity contribution >= 4 is 11.9 Å². The Kier molecular flexibility index (Phi) is 33.7. The van der Waals surface area contributed by atoms with Gasteiger partial charge in [-0.1, -0.05) is 125 Å². The number of rotatable bonds is 31. The van der Waals surface area contributed by atoms with E-state index in [9.17, 15) is 14.7 Å². The van der Waals surface area contributed by atoms with Crippen molar-refractivity contribution in [1.82, 2.24) is 0 Å². The molecule has 5 nitrogen and oxygen atoms in total. The molecule has 0 heterocycles. The van der Waals surface area contributed by atoms with Crippen LogP contribution in [0.25, 0.3) is 0 Å². The summed E-state index contributed by atoms with van der Waals surface area (Å²) in [5, 5.41) is 9.52. The Labute approximate surface area is 276 Å². The van der Waals surface area contributed by atoms with Gasteiger partial charge < -0.3 is 14.6 Å². The molecule has 0 aliphatic carbocycles. The maximum absolute atomic E-state index is 12.1. The van der Waals surface area contributed by atoms with E-state index in [0.717, 1.165) is 83.5 Å². The molecular weight excluding hydrogens is 560 g/mol. The molecule has 0 radical (unpaired) electrons. The molecule has 45 heavy (non-hydrogen) atoms. The van der Waals surface area contributed by atoms with Gasteiger partial charge in [-0.25, -0.2) is 0 Å². The number of unbranched alkanes of at least 4 members (excludes halogenated alkanes) is 11. The number of hydrogen-bond donors (Lipinski definition) is 1. The summed E-state index contributed by atoms with van der Waals surface area (Å²) in [6.45, 7) is 3.94. The first-order valence-corrected chi connectivity index (χ1v) is 18.0. The molecule has 256 valence electrons. The number of hydrogen-bond acceptors (Lipinski definition) is 5. The molecule has 0 amide bonds. The summed E-state index contributed by atoms with van der Waals surface area (Å²) < 4.78 is 10.5. The first kappa shape index (κ1) is 42.3. The molecule has 1 unspecified atom stereocenters. The van der Waals surface area contributed by atoms with E-state index in [-0.39, 0.29) is 25.2 Å². The molecule has 0 saturated carbocycles. The largest absolute Gasteiger partial charge is 0.462 e. The number of aliphatic hydroxyl groups excluding tert-OH is 1. The Hall–Kier alpha value is -2.66. The van der Waals surface area contributed by atoms with Crippen LogP contribution < -0.4 is 0 Å². The lowest BCUT2D eigenvalue weighted by Gasteiger charge is -2.15.